The molecule has 1 aromatic heterocycles. The number of nitrogens with zero attached hydrogens (tertiary/aromatic N) is 2. The normalized spacial score (nSPS) is 21.9. The summed E-state index contributed by atoms with van der Waals surface area (Å²) in [6.45, 7) is 1.78. The van der Waals surface area contributed by atoms with E-state index in [4.69, 9.17) is 21.7 Å². The summed E-state index contributed by atoms with van der Waals surface area (Å²) in [6, 6.07) is 11.9. The first-order valence-electron chi connectivity index (χ1n) is 8.82. The molecular weight excluding hydrogens is 348 g/mol. The van der Waals surface area contributed by atoms with E-state index >= 15 is 0 Å². The van der Waals surface area contributed by atoms with Crippen LogP contribution < -0.4 is 0 Å². The molecule has 1 aliphatic carbocycles. The van der Waals surface area contributed by atoms with Crippen LogP contribution in [0, 0.1) is 17.8 Å². The van der Waals surface area contributed by atoms with Gasteiger partial charge in [-0.1, -0.05) is 29.7 Å². The van der Waals surface area contributed by atoms with Crippen LogP contribution in [0.25, 0.3) is 0 Å². The number of carboxylic acids is 1. The number of benzene rings is 1. The van der Waals surface area contributed by atoms with Gasteiger partial charge >= 0.3 is 5.97 Å². The minimum absolute atomic E-state index is 0.163. The Morgan fingerprint density at radius 3 is 2.85 bits per heavy atom. The second-order valence-electron chi connectivity index (χ2n) is 6.94. The molecule has 0 radical (unpaired) electrons. The van der Waals surface area contributed by atoms with Crippen LogP contribution in [0.15, 0.2) is 36.4 Å². The van der Waals surface area contributed by atoms with Crippen molar-refractivity contribution in [2.45, 2.75) is 31.8 Å². The fourth-order valence-electron chi connectivity index (χ4n) is 3.61. The maximum absolute atomic E-state index is 11.0. The highest BCUT2D eigenvalue weighted by molar-refractivity contribution is 6.30. The molecule has 26 heavy (non-hydrogen) atoms. The fourth-order valence-corrected chi connectivity index (χ4v) is 3.80. The van der Waals surface area contributed by atoms with Crippen molar-refractivity contribution in [1.82, 2.24) is 9.88 Å². The third-order valence-electron chi connectivity index (χ3n) is 5.22. The van der Waals surface area contributed by atoms with Crippen LogP contribution in [0.3, 0.4) is 0 Å². The van der Waals surface area contributed by atoms with Gasteiger partial charge in [0, 0.05) is 41.8 Å². The Bertz CT molecular complexity index is 910. The van der Waals surface area contributed by atoms with Crippen molar-refractivity contribution in [3.8, 4) is 11.8 Å². The number of aromatic nitrogens is 1. The van der Waals surface area contributed by atoms with Gasteiger partial charge in [0.15, 0.2) is 0 Å². The predicted molar refractivity (Wildman–Crippen MR) is 99.9 cm³/mol. The molecule has 1 aliphatic heterocycles. The molecule has 1 aromatic carbocycles. The summed E-state index contributed by atoms with van der Waals surface area (Å²) in [5, 5.41) is 9.71. The zero-order valence-corrected chi connectivity index (χ0v) is 15.0. The van der Waals surface area contributed by atoms with Crippen LogP contribution >= 0.6 is 11.6 Å². The highest BCUT2D eigenvalue weighted by Gasteiger charge is 2.38. The van der Waals surface area contributed by atoms with Crippen molar-refractivity contribution in [2.24, 2.45) is 5.92 Å². The van der Waals surface area contributed by atoms with Gasteiger partial charge in [0.1, 0.15) is 5.69 Å². The van der Waals surface area contributed by atoms with Gasteiger partial charge < -0.3 is 5.11 Å². The average Bonchev–Trinajstić information content (AvgIpc) is 2.58. The second kappa shape index (κ2) is 7.11. The standard InChI is InChI=1S/C21H19ClN2O2/c22-17-3-1-2-14(10-17)4-6-18-7-5-15-13-24(9-8-20(15)23-18)19-11-16(12-19)21(25)26/h1-3,5,7,10,16,19H,8-9,11-13H2,(H,25,26). The SMILES string of the molecule is O=C(O)C1CC(N2CCc3nc(C#Cc4cccc(Cl)c4)ccc3C2)C1. The van der Waals surface area contributed by atoms with Crippen LogP contribution in [0.2, 0.25) is 5.02 Å². The van der Waals surface area contributed by atoms with E-state index in [9.17, 15) is 4.79 Å². The van der Waals surface area contributed by atoms with E-state index in [1.165, 1.54) is 5.56 Å². The summed E-state index contributed by atoms with van der Waals surface area (Å²) >= 11 is 5.98. The summed E-state index contributed by atoms with van der Waals surface area (Å²) in [5.41, 5.74) is 3.98. The van der Waals surface area contributed by atoms with Crippen molar-refractivity contribution < 1.29 is 9.90 Å². The minimum Gasteiger partial charge on any atom is -0.481 e. The molecule has 0 atom stereocenters. The van der Waals surface area contributed by atoms with Crippen molar-refractivity contribution in [1.29, 1.82) is 0 Å². The molecule has 5 heteroatoms. The molecule has 1 N–H and O–H groups in total. The first kappa shape index (κ1) is 17.1. The molecular formula is C21H19ClN2O2. The molecule has 0 unspecified atom stereocenters. The number of halogens is 1. The number of carboxylic acid groups (broad SMARTS) is 1. The Hall–Kier alpha value is -2.35. The molecule has 1 fully saturated rings. The van der Waals surface area contributed by atoms with Gasteiger partial charge in [-0.3, -0.25) is 9.69 Å². The molecule has 0 bridgehead atoms. The van der Waals surface area contributed by atoms with Crippen LogP contribution in [0.4, 0.5) is 0 Å². The Morgan fingerprint density at radius 1 is 1.23 bits per heavy atom. The zero-order valence-electron chi connectivity index (χ0n) is 14.3. The van der Waals surface area contributed by atoms with Crippen molar-refractivity contribution >= 4 is 17.6 Å². The predicted octanol–water partition coefficient (Wildman–Crippen LogP) is 3.36. The topological polar surface area (TPSA) is 53.4 Å². The number of rotatable bonds is 2. The maximum Gasteiger partial charge on any atom is 0.306 e. The lowest BCUT2D eigenvalue weighted by Crippen LogP contribution is -2.48. The van der Waals surface area contributed by atoms with Crippen LogP contribution in [-0.4, -0.2) is 33.5 Å². The first-order chi connectivity index (χ1) is 12.6. The summed E-state index contributed by atoms with van der Waals surface area (Å²) < 4.78 is 0. The molecule has 1 saturated carbocycles. The van der Waals surface area contributed by atoms with Gasteiger partial charge in [0.05, 0.1) is 5.92 Å². The van der Waals surface area contributed by atoms with Crippen molar-refractivity contribution in [3.63, 3.8) is 0 Å². The molecule has 0 amide bonds. The van der Waals surface area contributed by atoms with E-state index in [0.29, 0.717) is 11.1 Å². The maximum atomic E-state index is 11.0. The third-order valence-corrected chi connectivity index (χ3v) is 5.45. The molecule has 2 heterocycles. The molecule has 2 aliphatic rings. The second-order valence-corrected chi connectivity index (χ2v) is 7.38. The van der Waals surface area contributed by atoms with E-state index in [2.05, 4.69) is 22.8 Å². The number of fused-ring (bicyclic) bond motifs is 1. The summed E-state index contributed by atoms with van der Waals surface area (Å²) in [6.07, 6.45) is 2.42. The molecule has 2 aromatic rings. The highest BCUT2D eigenvalue weighted by atomic mass is 35.5. The summed E-state index contributed by atoms with van der Waals surface area (Å²) in [4.78, 5) is 18.1. The van der Waals surface area contributed by atoms with Crippen molar-refractivity contribution in [3.05, 3.63) is 63.9 Å². The van der Waals surface area contributed by atoms with Gasteiger partial charge in [0.25, 0.3) is 0 Å². The van der Waals surface area contributed by atoms with Gasteiger partial charge in [-0.05, 0) is 48.6 Å². The first-order valence-corrected chi connectivity index (χ1v) is 9.19. The van der Waals surface area contributed by atoms with Gasteiger partial charge in [-0.25, -0.2) is 4.98 Å². The van der Waals surface area contributed by atoms with E-state index in [-0.39, 0.29) is 5.92 Å². The van der Waals surface area contributed by atoms with Gasteiger partial charge in [0.2, 0.25) is 0 Å². The van der Waals surface area contributed by atoms with Crippen LogP contribution in [0.5, 0.6) is 0 Å². The quantitative estimate of drug-likeness (QED) is 0.828. The Balaban J connectivity index is 1.44. The lowest BCUT2D eigenvalue weighted by Gasteiger charge is -2.43. The summed E-state index contributed by atoms with van der Waals surface area (Å²) in [7, 11) is 0. The van der Waals surface area contributed by atoms with Crippen LogP contribution in [-0.2, 0) is 17.8 Å². The van der Waals surface area contributed by atoms with E-state index in [1.54, 1.807) is 0 Å². The smallest absolute Gasteiger partial charge is 0.306 e. The molecule has 4 rings (SSSR count). The number of hydrogen-bond donors (Lipinski definition) is 1. The monoisotopic (exact) mass is 366 g/mol. The number of aliphatic carboxylic acids is 1. The largest absolute Gasteiger partial charge is 0.481 e. The van der Waals surface area contributed by atoms with E-state index in [0.717, 1.165) is 49.3 Å². The zero-order chi connectivity index (χ0) is 18.1. The number of pyridine rings is 1. The molecule has 4 nitrogen and oxygen atoms in total. The van der Waals surface area contributed by atoms with Crippen molar-refractivity contribution in [2.75, 3.05) is 6.54 Å². The van der Waals surface area contributed by atoms with Gasteiger partial charge in [-0.15, -0.1) is 0 Å². The number of hydrogen-bond acceptors (Lipinski definition) is 3. The minimum atomic E-state index is -0.664. The Kier molecular flexibility index (Phi) is 4.67. The van der Waals surface area contributed by atoms with E-state index in [1.807, 2.05) is 30.3 Å². The van der Waals surface area contributed by atoms with E-state index < -0.39 is 5.97 Å². The Morgan fingerprint density at radius 2 is 2.08 bits per heavy atom. The highest BCUT2D eigenvalue weighted by Crippen LogP contribution is 2.34. The molecule has 132 valence electrons. The lowest BCUT2D eigenvalue weighted by molar-refractivity contribution is -0.147. The number of carbonyl (C=O) groups is 1. The fraction of sp³-hybridized carbons (Fsp3) is 0.333. The Labute approximate surface area is 157 Å². The van der Waals surface area contributed by atoms with Crippen LogP contribution in [0.1, 0.15) is 35.4 Å². The van der Waals surface area contributed by atoms with Gasteiger partial charge in [-0.2, -0.15) is 0 Å². The average molecular weight is 367 g/mol. The third kappa shape index (κ3) is 3.60. The summed E-state index contributed by atoms with van der Waals surface area (Å²) in [5.74, 6) is 5.39. The lowest BCUT2D eigenvalue weighted by atomic mass is 9.78. The molecule has 0 saturated heterocycles. The molecule has 0 spiro atoms.